The number of hydrogen-bond acceptors (Lipinski definition) is 3. The molecule has 4 nitrogen and oxygen atoms in total. The first-order valence-corrected chi connectivity index (χ1v) is 6.78. The molecule has 0 spiro atoms. The number of rotatable bonds is 5. The quantitative estimate of drug-likeness (QED) is 0.820. The Balaban J connectivity index is 1.83. The molecule has 0 fully saturated rings. The fourth-order valence-corrected chi connectivity index (χ4v) is 2.32. The highest BCUT2D eigenvalue weighted by Crippen LogP contribution is 2.21. The van der Waals surface area contributed by atoms with E-state index >= 15 is 0 Å². The Hall–Kier alpha value is -1.46. The van der Waals surface area contributed by atoms with E-state index in [1.54, 1.807) is 11.9 Å². The van der Waals surface area contributed by atoms with Crippen molar-refractivity contribution >= 4 is 23.1 Å². The van der Waals surface area contributed by atoms with Crippen molar-refractivity contribution in [3.8, 4) is 0 Å². The largest absolute Gasteiger partial charge is 0.393 e. The summed E-state index contributed by atoms with van der Waals surface area (Å²) in [6.45, 7) is 2.74. The van der Waals surface area contributed by atoms with E-state index in [0.29, 0.717) is 24.5 Å². The van der Waals surface area contributed by atoms with Crippen LogP contribution in [0.2, 0.25) is 0 Å². The normalized spacial score (nSPS) is 14.2. The van der Waals surface area contributed by atoms with Gasteiger partial charge in [-0.3, -0.25) is 9.69 Å². The molecule has 0 aromatic heterocycles. The van der Waals surface area contributed by atoms with E-state index < -0.39 is 0 Å². The van der Waals surface area contributed by atoms with Crippen molar-refractivity contribution in [2.24, 2.45) is 5.73 Å². The maximum Gasteiger partial charge on any atom is 0.236 e. The van der Waals surface area contributed by atoms with Crippen molar-refractivity contribution < 1.29 is 4.79 Å². The molecule has 0 saturated heterocycles. The molecule has 1 amide bonds. The van der Waals surface area contributed by atoms with Crippen LogP contribution in [0.5, 0.6) is 0 Å². The third kappa shape index (κ3) is 3.75. The zero-order chi connectivity index (χ0) is 13.8. The molecule has 1 aromatic carbocycles. The van der Waals surface area contributed by atoms with Gasteiger partial charge in [-0.1, -0.05) is 36.5 Å². The van der Waals surface area contributed by atoms with Crippen molar-refractivity contribution in [1.82, 2.24) is 9.80 Å². The van der Waals surface area contributed by atoms with Crippen LogP contribution < -0.4 is 5.73 Å². The standard InChI is InChI=1S/C14H19N3OS/c1-16(7-6-13(15)19)14(18)10-17-8-11-4-2-3-5-12(11)9-17/h2-5H,6-10H2,1H3,(H2,15,19). The fraction of sp³-hybridized carbons (Fsp3) is 0.429. The molecule has 102 valence electrons. The summed E-state index contributed by atoms with van der Waals surface area (Å²) in [5.41, 5.74) is 8.09. The molecular weight excluding hydrogens is 258 g/mol. The van der Waals surface area contributed by atoms with Crippen LogP contribution in [0, 0.1) is 0 Å². The number of benzene rings is 1. The van der Waals surface area contributed by atoms with Crippen LogP contribution in [0.1, 0.15) is 17.5 Å². The van der Waals surface area contributed by atoms with E-state index in [4.69, 9.17) is 18.0 Å². The number of nitrogens with zero attached hydrogens (tertiary/aromatic N) is 2. The lowest BCUT2D eigenvalue weighted by molar-refractivity contribution is -0.131. The third-order valence-electron chi connectivity index (χ3n) is 3.38. The lowest BCUT2D eigenvalue weighted by atomic mass is 10.1. The zero-order valence-corrected chi connectivity index (χ0v) is 11.9. The molecular formula is C14H19N3OS. The van der Waals surface area contributed by atoms with Gasteiger partial charge in [-0.05, 0) is 11.1 Å². The molecule has 0 atom stereocenters. The average Bonchev–Trinajstić information content (AvgIpc) is 2.77. The van der Waals surface area contributed by atoms with Crippen molar-refractivity contribution in [3.63, 3.8) is 0 Å². The number of carbonyl (C=O) groups is 1. The summed E-state index contributed by atoms with van der Waals surface area (Å²) in [6, 6.07) is 8.32. The van der Waals surface area contributed by atoms with E-state index in [1.807, 2.05) is 12.1 Å². The Morgan fingerprint density at radius 3 is 2.47 bits per heavy atom. The smallest absolute Gasteiger partial charge is 0.236 e. The molecule has 0 unspecified atom stereocenters. The van der Waals surface area contributed by atoms with Crippen molar-refractivity contribution in [1.29, 1.82) is 0 Å². The highest BCUT2D eigenvalue weighted by molar-refractivity contribution is 7.80. The maximum absolute atomic E-state index is 12.1. The topological polar surface area (TPSA) is 49.6 Å². The molecule has 0 radical (unpaired) electrons. The molecule has 5 heteroatoms. The summed E-state index contributed by atoms with van der Waals surface area (Å²) < 4.78 is 0. The highest BCUT2D eigenvalue weighted by Gasteiger charge is 2.21. The third-order valence-corrected chi connectivity index (χ3v) is 3.59. The van der Waals surface area contributed by atoms with E-state index in [-0.39, 0.29) is 5.91 Å². The lowest BCUT2D eigenvalue weighted by Crippen LogP contribution is -2.37. The molecule has 0 saturated carbocycles. The SMILES string of the molecule is CN(CCC(N)=S)C(=O)CN1Cc2ccccc2C1. The van der Waals surface area contributed by atoms with E-state index in [0.717, 1.165) is 13.1 Å². The minimum Gasteiger partial charge on any atom is -0.393 e. The van der Waals surface area contributed by atoms with Crippen LogP contribution in [-0.4, -0.2) is 40.8 Å². The van der Waals surface area contributed by atoms with Crippen LogP contribution in [0.4, 0.5) is 0 Å². The predicted octanol–water partition coefficient (Wildman–Crippen LogP) is 1.14. The number of thiocarbonyl (C=S) groups is 1. The monoisotopic (exact) mass is 277 g/mol. The molecule has 0 bridgehead atoms. The van der Waals surface area contributed by atoms with Gasteiger partial charge < -0.3 is 10.6 Å². The number of nitrogens with two attached hydrogens (primary N) is 1. The molecule has 1 aliphatic heterocycles. The Bertz CT molecular complexity index is 464. The van der Waals surface area contributed by atoms with Gasteiger partial charge in [0.15, 0.2) is 0 Å². The molecule has 2 rings (SSSR count). The van der Waals surface area contributed by atoms with Crippen molar-refractivity contribution in [2.75, 3.05) is 20.1 Å². The summed E-state index contributed by atoms with van der Waals surface area (Å²) in [6.07, 6.45) is 0.581. The van der Waals surface area contributed by atoms with E-state index in [9.17, 15) is 4.79 Å². The second-order valence-corrected chi connectivity index (χ2v) is 5.47. The number of carbonyl (C=O) groups excluding carboxylic acids is 1. The molecule has 19 heavy (non-hydrogen) atoms. The van der Waals surface area contributed by atoms with Gasteiger partial charge in [-0.15, -0.1) is 0 Å². The second-order valence-electron chi connectivity index (χ2n) is 4.95. The molecule has 1 aromatic rings. The zero-order valence-electron chi connectivity index (χ0n) is 11.1. The number of hydrogen-bond donors (Lipinski definition) is 1. The number of amides is 1. The van der Waals surface area contributed by atoms with Crippen molar-refractivity contribution in [3.05, 3.63) is 35.4 Å². The molecule has 1 aliphatic rings. The van der Waals surface area contributed by atoms with Crippen LogP contribution in [0.3, 0.4) is 0 Å². The van der Waals surface area contributed by atoms with E-state index in [2.05, 4.69) is 17.0 Å². The first kappa shape index (κ1) is 14.0. The summed E-state index contributed by atoms with van der Waals surface area (Å²) in [5, 5.41) is 0. The first-order valence-electron chi connectivity index (χ1n) is 6.37. The second kappa shape index (κ2) is 6.12. The van der Waals surface area contributed by atoms with Gasteiger partial charge in [0, 0.05) is 33.1 Å². The lowest BCUT2D eigenvalue weighted by Gasteiger charge is -2.21. The minimum absolute atomic E-state index is 0.115. The van der Waals surface area contributed by atoms with Gasteiger partial charge in [-0.25, -0.2) is 0 Å². The van der Waals surface area contributed by atoms with Crippen LogP contribution in [0.15, 0.2) is 24.3 Å². The Labute approximate surface area is 119 Å². The summed E-state index contributed by atoms with van der Waals surface area (Å²) in [7, 11) is 1.80. The highest BCUT2D eigenvalue weighted by atomic mass is 32.1. The van der Waals surface area contributed by atoms with Crippen LogP contribution in [-0.2, 0) is 17.9 Å². The molecule has 1 heterocycles. The fourth-order valence-electron chi connectivity index (χ4n) is 2.23. The van der Waals surface area contributed by atoms with Gasteiger partial charge in [0.1, 0.15) is 0 Å². The van der Waals surface area contributed by atoms with Gasteiger partial charge in [0.25, 0.3) is 0 Å². The van der Waals surface area contributed by atoms with Crippen LogP contribution >= 0.6 is 12.2 Å². The molecule has 0 aliphatic carbocycles. The number of fused-ring (bicyclic) bond motifs is 1. The Kier molecular flexibility index (Phi) is 4.50. The van der Waals surface area contributed by atoms with Crippen LogP contribution in [0.25, 0.3) is 0 Å². The summed E-state index contributed by atoms with van der Waals surface area (Å²) >= 11 is 4.82. The predicted molar refractivity (Wildman–Crippen MR) is 79.6 cm³/mol. The summed E-state index contributed by atoms with van der Waals surface area (Å²) in [5.74, 6) is 0.115. The molecule has 2 N–H and O–H groups in total. The number of likely N-dealkylation sites (N-methyl/N-ethyl adjacent to an activating group) is 1. The van der Waals surface area contributed by atoms with Gasteiger partial charge >= 0.3 is 0 Å². The van der Waals surface area contributed by atoms with E-state index in [1.165, 1.54) is 11.1 Å². The van der Waals surface area contributed by atoms with Gasteiger partial charge in [0.05, 0.1) is 11.5 Å². The first-order chi connectivity index (χ1) is 9.06. The summed E-state index contributed by atoms with van der Waals surface area (Å²) in [4.78, 5) is 16.4. The maximum atomic E-state index is 12.1. The van der Waals surface area contributed by atoms with Gasteiger partial charge in [0.2, 0.25) is 5.91 Å². The Morgan fingerprint density at radius 2 is 1.95 bits per heavy atom. The average molecular weight is 277 g/mol. The Morgan fingerprint density at radius 1 is 1.37 bits per heavy atom. The minimum atomic E-state index is 0.115. The van der Waals surface area contributed by atoms with Crippen molar-refractivity contribution in [2.45, 2.75) is 19.5 Å². The van der Waals surface area contributed by atoms with Gasteiger partial charge in [-0.2, -0.15) is 0 Å².